The number of ether oxygens (including phenoxy) is 1. The average Bonchev–Trinajstić information content (AvgIpc) is 2.01. The second-order valence-corrected chi connectivity index (χ2v) is 5.22. The highest BCUT2D eigenvalue weighted by atomic mass is 35.5. The van der Waals surface area contributed by atoms with Crippen molar-refractivity contribution in [3.8, 4) is 0 Å². The van der Waals surface area contributed by atoms with Crippen molar-refractivity contribution < 1.29 is 13.2 Å². The zero-order chi connectivity index (χ0) is 9.45. The molecule has 0 fully saturated rings. The molecule has 3 nitrogen and oxygen atoms in total. The highest BCUT2D eigenvalue weighted by Gasteiger charge is 2.08. The van der Waals surface area contributed by atoms with Crippen LogP contribution in [0.25, 0.3) is 0 Å². The van der Waals surface area contributed by atoms with Crippen LogP contribution in [0.15, 0.2) is 0 Å². The van der Waals surface area contributed by atoms with Gasteiger partial charge in [0.2, 0.25) is 0 Å². The first kappa shape index (κ1) is 12.2. The second-order valence-electron chi connectivity index (χ2n) is 2.54. The first-order valence-electron chi connectivity index (χ1n) is 3.87. The molecule has 0 unspecified atom stereocenters. The van der Waals surface area contributed by atoms with Crippen LogP contribution in [-0.2, 0) is 14.6 Å². The first-order chi connectivity index (χ1) is 5.62. The van der Waals surface area contributed by atoms with Crippen LogP contribution in [0.3, 0.4) is 0 Å². The number of methoxy groups -OCH3 is 1. The Labute approximate surface area is 79.0 Å². The summed E-state index contributed by atoms with van der Waals surface area (Å²) < 4.78 is 27.1. The predicted octanol–water partition coefficient (Wildman–Crippen LogP) is 1.07. The monoisotopic (exact) mass is 214 g/mol. The topological polar surface area (TPSA) is 43.4 Å². The van der Waals surface area contributed by atoms with Crippen molar-refractivity contribution in [3.05, 3.63) is 0 Å². The van der Waals surface area contributed by atoms with Gasteiger partial charge in [-0.1, -0.05) is 0 Å². The fraction of sp³-hybridized carbons (Fsp3) is 1.00. The van der Waals surface area contributed by atoms with Crippen LogP contribution < -0.4 is 0 Å². The molecule has 0 atom stereocenters. The molecule has 0 aliphatic heterocycles. The molecule has 0 N–H and O–H groups in total. The minimum Gasteiger partial charge on any atom is -0.385 e. The summed E-state index contributed by atoms with van der Waals surface area (Å²) in [4.78, 5) is 0. The quantitative estimate of drug-likeness (QED) is 0.470. The SMILES string of the molecule is COCCCS(=O)(=O)CCCCl. The zero-order valence-corrected chi connectivity index (χ0v) is 8.83. The van der Waals surface area contributed by atoms with E-state index in [2.05, 4.69) is 0 Å². The van der Waals surface area contributed by atoms with Crippen LogP contribution in [-0.4, -0.2) is 39.5 Å². The summed E-state index contributed by atoms with van der Waals surface area (Å²) in [5, 5.41) is 0. The molecule has 74 valence electrons. The van der Waals surface area contributed by atoms with Gasteiger partial charge in [-0.3, -0.25) is 0 Å². The molecule has 0 rings (SSSR count). The third-order valence-corrected chi connectivity index (χ3v) is 3.48. The van der Waals surface area contributed by atoms with Crippen molar-refractivity contribution in [1.29, 1.82) is 0 Å². The summed E-state index contributed by atoms with van der Waals surface area (Å²) in [5.41, 5.74) is 0. The number of rotatable bonds is 7. The molecule has 0 aromatic rings. The van der Waals surface area contributed by atoms with Gasteiger partial charge in [0, 0.05) is 19.6 Å². The lowest BCUT2D eigenvalue weighted by molar-refractivity contribution is 0.199. The summed E-state index contributed by atoms with van der Waals surface area (Å²) in [6.07, 6.45) is 1.11. The van der Waals surface area contributed by atoms with Crippen LogP contribution >= 0.6 is 11.6 Å². The molecule has 0 bridgehead atoms. The summed E-state index contributed by atoms with van der Waals surface area (Å²) in [5.74, 6) is 0.807. The van der Waals surface area contributed by atoms with Gasteiger partial charge in [-0.2, -0.15) is 0 Å². The molecule has 12 heavy (non-hydrogen) atoms. The molecule has 0 saturated carbocycles. The van der Waals surface area contributed by atoms with E-state index in [0.717, 1.165) is 0 Å². The van der Waals surface area contributed by atoms with Gasteiger partial charge in [0.1, 0.15) is 9.84 Å². The van der Waals surface area contributed by atoms with E-state index in [1.165, 1.54) is 0 Å². The maximum absolute atomic E-state index is 11.2. The van der Waals surface area contributed by atoms with E-state index in [4.69, 9.17) is 16.3 Å². The van der Waals surface area contributed by atoms with Crippen molar-refractivity contribution in [1.82, 2.24) is 0 Å². The third kappa shape index (κ3) is 6.88. The van der Waals surface area contributed by atoms with Gasteiger partial charge < -0.3 is 4.74 Å². The maximum atomic E-state index is 11.2. The Morgan fingerprint density at radius 2 is 1.83 bits per heavy atom. The van der Waals surface area contributed by atoms with E-state index >= 15 is 0 Å². The molecule has 0 aromatic heterocycles. The van der Waals surface area contributed by atoms with E-state index in [1.54, 1.807) is 7.11 Å². The van der Waals surface area contributed by atoms with Crippen molar-refractivity contribution in [2.24, 2.45) is 0 Å². The molecule has 0 radical (unpaired) electrons. The van der Waals surface area contributed by atoms with E-state index in [9.17, 15) is 8.42 Å². The van der Waals surface area contributed by atoms with Crippen LogP contribution in [0.1, 0.15) is 12.8 Å². The van der Waals surface area contributed by atoms with Gasteiger partial charge >= 0.3 is 0 Å². The molecular weight excluding hydrogens is 200 g/mol. The highest BCUT2D eigenvalue weighted by molar-refractivity contribution is 7.91. The Bertz CT molecular complexity index is 189. The Balaban J connectivity index is 3.58. The average molecular weight is 215 g/mol. The number of halogens is 1. The lowest BCUT2D eigenvalue weighted by Gasteiger charge is -2.01. The van der Waals surface area contributed by atoms with Crippen molar-refractivity contribution in [3.63, 3.8) is 0 Å². The fourth-order valence-corrected chi connectivity index (χ4v) is 2.44. The first-order valence-corrected chi connectivity index (χ1v) is 6.23. The van der Waals surface area contributed by atoms with E-state index in [0.29, 0.717) is 25.3 Å². The molecule has 0 saturated heterocycles. The molecule has 5 heteroatoms. The summed E-state index contributed by atoms with van der Waals surface area (Å²) in [7, 11) is -1.32. The molecule has 0 aliphatic rings. The lowest BCUT2D eigenvalue weighted by atomic mass is 10.5. The van der Waals surface area contributed by atoms with Gasteiger partial charge in [-0.15, -0.1) is 11.6 Å². The molecule has 0 amide bonds. The lowest BCUT2D eigenvalue weighted by Crippen LogP contribution is -2.12. The number of hydrogen-bond acceptors (Lipinski definition) is 3. The number of alkyl halides is 1. The Kier molecular flexibility index (Phi) is 6.80. The maximum Gasteiger partial charge on any atom is 0.150 e. The van der Waals surface area contributed by atoms with Gasteiger partial charge in [0.15, 0.2) is 0 Å². The van der Waals surface area contributed by atoms with Crippen molar-refractivity contribution in [2.75, 3.05) is 31.1 Å². The van der Waals surface area contributed by atoms with Crippen molar-refractivity contribution >= 4 is 21.4 Å². The Morgan fingerprint density at radius 1 is 1.25 bits per heavy atom. The Morgan fingerprint density at radius 3 is 2.33 bits per heavy atom. The summed E-state index contributed by atoms with van der Waals surface area (Å²) in [6, 6.07) is 0. The fourth-order valence-electron chi connectivity index (χ4n) is 0.800. The van der Waals surface area contributed by atoms with E-state index in [1.807, 2.05) is 0 Å². The minimum absolute atomic E-state index is 0.195. The van der Waals surface area contributed by atoms with Gasteiger partial charge in [-0.25, -0.2) is 8.42 Å². The number of sulfone groups is 1. The van der Waals surface area contributed by atoms with Gasteiger partial charge in [0.05, 0.1) is 11.5 Å². The normalized spacial score (nSPS) is 11.8. The highest BCUT2D eigenvalue weighted by Crippen LogP contribution is 1.98. The van der Waals surface area contributed by atoms with Crippen LogP contribution in [0.5, 0.6) is 0 Å². The van der Waals surface area contributed by atoms with Crippen molar-refractivity contribution in [2.45, 2.75) is 12.8 Å². The third-order valence-electron chi connectivity index (χ3n) is 1.39. The number of hydrogen-bond donors (Lipinski definition) is 0. The second kappa shape index (κ2) is 6.69. The molecule has 0 aromatic carbocycles. The molecular formula is C7H15ClO3S. The van der Waals surface area contributed by atoms with Crippen LogP contribution in [0.2, 0.25) is 0 Å². The molecule has 0 aliphatic carbocycles. The van der Waals surface area contributed by atoms with E-state index < -0.39 is 9.84 Å². The largest absolute Gasteiger partial charge is 0.385 e. The van der Waals surface area contributed by atoms with Crippen LogP contribution in [0, 0.1) is 0 Å². The van der Waals surface area contributed by atoms with Gasteiger partial charge in [-0.05, 0) is 12.8 Å². The summed E-state index contributed by atoms with van der Waals surface area (Å²) in [6.45, 7) is 0.500. The summed E-state index contributed by atoms with van der Waals surface area (Å²) >= 11 is 5.38. The predicted molar refractivity (Wildman–Crippen MR) is 50.5 cm³/mol. The van der Waals surface area contributed by atoms with Gasteiger partial charge in [0.25, 0.3) is 0 Å². The molecule has 0 spiro atoms. The Hall–Kier alpha value is 0.200. The zero-order valence-electron chi connectivity index (χ0n) is 7.25. The van der Waals surface area contributed by atoms with E-state index in [-0.39, 0.29) is 11.5 Å². The standard InChI is InChI=1S/C7H15ClO3S/c1-11-5-3-7-12(9,10)6-2-4-8/h2-7H2,1H3. The van der Waals surface area contributed by atoms with Crippen LogP contribution in [0.4, 0.5) is 0 Å². The molecule has 0 heterocycles. The smallest absolute Gasteiger partial charge is 0.150 e. The minimum atomic E-state index is -2.88.